The second-order valence-corrected chi connectivity index (χ2v) is 6.36. The van der Waals surface area contributed by atoms with E-state index in [0.29, 0.717) is 19.1 Å². The summed E-state index contributed by atoms with van der Waals surface area (Å²) in [7, 11) is 0. The van der Waals surface area contributed by atoms with Crippen LogP contribution in [0.1, 0.15) is 24.6 Å². The number of carboxylic acid groups (broad SMARTS) is 1. The molecule has 0 atom stereocenters. The van der Waals surface area contributed by atoms with E-state index in [2.05, 4.69) is 45.4 Å². The lowest BCUT2D eigenvalue weighted by Crippen LogP contribution is -2.63. The van der Waals surface area contributed by atoms with Crippen LogP contribution in [0.5, 0.6) is 0 Å². The molecule has 1 aliphatic heterocycles. The highest BCUT2D eigenvalue weighted by molar-refractivity contribution is 14.1. The standard InChI is InChI=1S/C11H14IN3O2/c1-7-2-9(12)13-15(7)8-3-11(4-8)5-14(6-11)10(16)17/h2,8H,3-6H2,1H3,(H,16,17). The van der Waals surface area contributed by atoms with E-state index in [0.717, 1.165) is 16.5 Å². The number of hydrogen-bond acceptors (Lipinski definition) is 2. The minimum atomic E-state index is -0.788. The molecule has 3 rings (SSSR count). The number of carbonyl (C=O) groups is 1. The van der Waals surface area contributed by atoms with Gasteiger partial charge < -0.3 is 10.0 Å². The van der Waals surface area contributed by atoms with E-state index in [4.69, 9.17) is 5.11 Å². The van der Waals surface area contributed by atoms with Gasteiger partial charge in [-0.3, -0.25) is 4.68 Å². The van der Waals surface area contributed by atoms with Gasteiger partial charge in [-0.25, -0.2) is 4.79 Å². The van der Waals surface area contributed by atoms with Gasteiger partial charge >= 0.3 is 6.09 Å². The molecule has 0 bridgehead atoms. The third-order valence-electron chi connectivity index (χ3n) is 3.90. The van der Waals surface area contributed by atoms with Crippen molar-refractivity contribution in [3.8, 4) is 0 Å². The molecule has 0 aromatic carbocycles. The van der Waals surface area contributed by atoms with Gasteiger partial charge in [0.25, 0.3) is 0 Å². The summed E-state index contributed by atoms with van der Waals surface area (Å²) in [6, 6.07) is 2.55. The van der Waals surface area contributed by atoms with Gasteiger partial charge in [-0.1, -0.05) is 0 Å². The summed E-state index contributed by atoms with van der Waals surface area (Å²) in [4.78, 5) is 12.2. The van der Waals surface area contributed by atoms with Crippen molar-refractivity contribution in [3.05, 3.63) is 15.5 Å². The van der Waals surface area contributed by atoms with Gasteiger partial charge in [0.05, 0.1) is 6.04 Å². The van der Waals surface area contributed by atoms with Crippen molar-refractivity contribution in [3.63, 3.8) is 0 Å². The Morgan fingerprint density at radius 1 is 1.59 bits per heavy atom. The van der Waals surface area contributed by atoms with Gasteiger partial charge in [0, 0.05) is 24.2 Å². The van der Waals surface area contributed by atoms with Crippen molar-refractivity contribution in [2.24, 2.45) is 5.41 Å². The fourth-order valence-corrected chi connectivity index (χ4v) is 3.77. The van der Waals surface area contributed by atoms with Crippen molar-refractivity contribution in [1.82, 2.24) is 14.7 Å². The maximum atomic E-state index is 10.7. The fourth-order valence-electron chi connectivity index (χ4n) is 3.09. The molecule has 2 fully saturated rings. The molecule has 1 N–H and O–H groups in total. The average Bonchev–Trinajstić information content (AvgIpc) is 2.40. The number of halogens is 1. The van der Waals surface area contributed by atoms with Crippen LogP contribution in [-0.4, -0.2) is 39.0 Å². The van der Waals surface area contributed by atoms with E-state index in [1.54, 1.807) is 0 Å². The number of amides is 1. The van der Waals surface area contributed by atoms with E-state index in [-0.39, 0.29) is 5.41 Å². The Labute approximate surface area is 113 Å². The zero-order valence-corrected chi connectivity index (χ0v) is 11.7. The van der Waals surface area contributed by atoms with Crippen molar-refractivity contribution < 1.29 is 9.90 Å². The first-order valence-electron chi connectivity index (χ1n) is 5.69. The van der Waals surface area contributed by atoms with Crippen LogP contribution in [0.2, 0.25) is 0 Å². The fraction of sp³-hybridized carbons (Fsp3) is 0.636. The Bertz CT molecular complexity index is 471. The summed E-state index contributed by atoms with van der Waals surface area (Å²) in [5, 5.41) is 13.3. The van der Waals surface area contributed by atoms with Gasteiger partial charge in [0.2, 0.25) is 0 Å². The highest BCUT2D eigenvalue weighted by Gasteiger charge is 2.54. The van der Waals surface area contributed by atoms with Gasteiger partial charge in [-0.15, -0.1) is 0 Å². The lowest BCUT2D eigenvalue weighted by molar-refractivity contribution is -0.0776. The van der Waals surface area contributed by atoms with Crippen LogP contribution in [0.15, 0.2) is 6.07 Å². The lowest BCUT2D eigenvalue weighted by atomic mass is 9.61. The zero-order chi connectivity index (χ0) is 12.2. The Morgan fingerprint density at radius 2 is 2.24 bits per heavy atom. The minimum Gasteiger partial charge on any atom is -0.465 e. The maximum absolute atomic E-state index is 10.7. The summed E-state index contributed by atoms with van der Waals surface area (Å²) >= 11 is 2.23. The van der Waals surface area contributed by atoms with Crippen LogP contribution in [-0.2, 0) is 0 Å². The van der Waals surface area contributed by atoms with E-state index in [1.807, 2.05) is 0 Å². The number of rotatable bonds is 1. The first-order valence-corrected chi connectivity index (χ1v) is 6.76. The smallest absolute Gasteiger partial charge is 0.407 e. The van der Waals surface area contributed by atoms with Crippen LogP contribution < -0.4 is 0 Å². The summed E-state index contributed by atoms with van der Waals surface area (Å²) in [5.41, 5.74) is 1.45. The Morgan fingerprint density at radius 3 is 2.71 bits per heavy atom. The average molecular weight is 347 g/mol. The largest absolute Gasteiger partial charge is 0.465 e. The van der Waals surface area contributed by atoms with Gasteiger partial charge in [-0.05, 0) is 48.4 Å². The molecule has 92 valence electrons. The monoisotopic (exact) mass is 347 g/mol. The van der Waals surface area contributed by atoms with E-state index in [9.17, 15) is 4.79 Å². The lowest BCUT2D eigenvalue weighted by Gasteiger charge is -2.58. The predicted molar refractivity (Wildman–Crippen MR) is 70.0 cm³/mol. The third-order valence-corrected chi connectivity index (χ3v) is 4.43. The van der Waals surface area contributed by atoms with Crippen molar-refractivity contribution >= 4 is 28.7 Å². The normalized spacial score (nSPS) is 22.4. The number of aromatic nitrogens is 2. The summed E-state index contributed by atoms with van der Waals surface area (Å²) in [5.74, 6) is 0. The van der Waals surface area contributed by atoms with Crippen LogP contribution in [0.25, 0.3) is 0 Å². The van der Waals surface area contributed by atoms with E-state index in [1.165, 1.54) is 10.6 Å². The molecule has 0 radical (unpaired) electrons. The molecule has 2 heterocycles. The Balaban J connectivity index is 1.63. The minimum absolute atomic E-state index is 0.257. The molecule has 2 aliphatic rings. The Hall–Kier alpha value is -0.790. The van der Waals surface area contributed by atoms with Crippen molar-refractivity contribution in [2.75, 3.05) is 13.1 Å². The first kappa shape index (κ1) is 11.3. The number of likely N-dealkylation sites (tertiary alicyclic amines) is 1. The zero-order valence-electron chi connectivity index (χ0n) is 9.56. The van der Waals surface area contributed by atoms with Crippen molar-refractivity contribution in [1.29, 1.82) is 0 Å². The SMILES string of the molecule is Cc1cc(I)nn1C1CC2(C1)CN(C(=O)O)C2. The third kappa shape index (κ3) is 1.73. The van der Waals surface area contributed by atoms with Gasteiger partial charge in [-0.2, -0.15) is 5.10 Å². The second-order valence-electron chi connectivity index (χ2n) is 5.25. The molecule has 5 nitrogen and oxygen atoms in total. The van der Waals surface area contributed by atoms with Crippen LogP contribution in [0.4, 0.5) is 4.79 Å². The molecule has 0 unspecified atom stereocenters. The summed E-state index contributed by atoms with van der Waals surface area (Å²) < 4.78 is 3.12. The molecule has 1 aliphatic carbocycles. The van der Waals surface area contributed by atoms with E-state index < -0.39 is 6.09 Å². The van der Waals surface area contributed by atoms with Crippen LogP contribution in [0.3, 0.4) is 0 Å². The molecular formula is C11H14IN3O2. The summed E-state index contributed by atoms with van der Waals surface area (Å²) in [6.45, 7) is 3.48. The Kier molecular flexibility index (Phi) is 2.39. The van der Waals surface area contributed by atoms with Crippen LogP contribution in [0, 0.1) is 16.0 Å². The highest BCUT2D eigenvalue weighted by Crippen LogP contribution is 2.54. The molecule has 1 saturated carbocycles. The maximum Gasteiger partial charge on any atom is 0.407 e. The first-order chi connectivity index (χ1) is 7.99. The molecule has 1 amide bonds. The molecule has 1 aromatic rings. The molecule has 1 spiro atoms. The topological polar surface area (TPSA) is 58.4 Å². The van der Waals surface area contributed by atoms with Crippen LogP contribution >= 0.6 is 22.6 Å². The molecule has 1 aromatic heterocycles. The molecule has 6 heteroatoms. The molecule has 17 heavy (non-hydrogen) atoms. The highest BCUT2D eigenvalue weighted by atomic mass is 127. The number of nitrogens with zero attached hydrogens (tertiary/aromatic N) is 3. The van der Waals surface area contributed by atoms with Crippen molar-refractivity contribution in [2.45, 2.75) is 25.8 Å². The van der Waals surface area contributed by atoms with Gasteiger partial charge in [0.15, 0.2) is 0 Å². The number of hydrogen-bond donors (Lipinski definition) is 1. The predicted octanol–water partition coefficient (Wildman–Crippen LogP) is 2.11. The van der Waals surface area contributed by atoms with Gasteiger partial charge in [0.1, 0.15) is 3.70 Å². The second kappa shape index (κ2) is 3.60. The quantitative estimate of drug-likeness (QED) is 0.792. The number of aryl methyl sites for hydroxylation is 1. The molecule has 1 saturated heterocycles. The summed E-state index contributed by atoms with van der Waals surface area (Å²) in [6.07, 6.45) is 1.34. The molecular weight excluding hydrogens is 333 g/mol. The van der Waals surface area contributed by atoms with E-state index >= 15 is 0 Å².